The standard InChI is InChI=1S/C10H13NO.CO2/c1-3-11-10(12)9-7-5-4-6-8(9)2;2-1-3/h4-7H,3H2,1-2H3,(H,11,12);. The first-order chi connectivity index (χ1) is 7.17. The maximum absolute atomic E-state index is 11.4. The van der Waals surface area contributed by atoms with E-state index in [-0.39, 0.29) is 12.1 Å². The summed E-state index contributed by atoms with van der Waals surface area (Å²) < 4.78 is 0. The van der Waals surface area contributed by atoms with Crippen molar-refractivity contribution >= 4 is 12.1 Å². The first-order valence-electron chi connectivity index (χ1n) is 4.50. The van der Waals surface area contributed by atoms with E-state index in [1.165, 1.54) is 0 Å². The molecule has 0 aromatic heterocycles. The number of carbonyl (C=O) groups is 1. The van der Waals surface area contributed by atoms with Gasteiger partial charge < -0.3 is 5.32 Å². The van der Waals surface area contributed by atoms with E-state index in [0.717, 1.165) is 11.1 Å². The van der Waals surface area contributed by atoms with Crippen molar-refractivity contribution in [3.63, 3.8) is 0 Å². The number of hydrogen-bond acceptors (Lipinski definition) is 3. The van der Waals surface area contributed by atoms with Gasteiger partial charge in [-0.3, -0.25) is 4.79 Å². The van der Waals surface area contributed by atoms with Crippen molar-refractivity contribution in [3.05, 3.63) is 35.4 Å². The number of aryl methyl sites for hydroxylation is 1. The zero-order valence-corrected chi connectivity index (χ0v) is 8.74. The van der Waals surface area contributed by atoms with Gasteiger partial charge in [-0.05, 0) is 25.5 Å². The second-order valence-corrected chi connectivity index (χ2v) is 2.76. The summed E-state index contributed by atoms with van der Waals surface area (Å²) in [6.45, 7) is 4.52. The number of carbonyl (C=O) groups excluding carboxylic acids is 3. The number of hydrogen-bond donors (Lipinski definition) is 1. The Bertz CT molecular complexity index is 355. The Morgan fingerprint density at radius 1 is 1.33 bits per heavy atom. The molecule has 0 aliphatic carbocycles. The van der Waals surface area contributed by atoms with E-state index in [1.54, 1.807) is 0 Å². The maximum atomic E-state index is 11.4. The molecule has 0 radical (unpaired) electrons. The molecule has 1 aromatic carbocycles. The third kappa shape index (κ3) is 4.74. The normalized spacial score (nSPS) is 8.13. The molecule has 0 atom stereocenters. The molecule has 1 aromatic rings. The minimum absolute atomic E-state index is 0.00981. The second kappa shape index (κ2) is 7.47. The molecule has 0 unspecified atom stereocenters. The summed E-state index contributed by atoms with van der Waals surface area (Å²) in [5.41, 5.74) is 1.78. The van der Waals surface area contributed by atoms with Crippen LogP contribution in [-0.2, 0) is 9.59 Å². The third-order valence-corrected chi connectivity index (χ3v) is 1.73. The van der Waals surface area contributed by atoms with E-state index < -0.39 is 0 Å². The molecule has 1 rings (SSSR count). The first kappa shape index (κ1) is 13.1. The van der Waals surface area contributed by atoms with Gasteiger partial charge in [-0.1, -0.05) is 18.2 Å². The molecule has 0 bridgehead atoms. The van der Waals surface area contributed by atoms with Gasteiger partial charge in [0.2, 0.25) is 0 Å². The summed E-state index contributed by atoms with van der Waals surface area (Å²) in [6, 6.07) is 7.57. The SMILES string of the molecule is CCNC(=O)c1ccccc1C.O=C=O. The molecule has 1 amide bonds. The monoisotopic (exact) mass is 207 g/mol. The highest BCUT2D eigenvalue weighted by atomic mass is 16.2. The van der Waals surface area contributed by atoms with Crippen molar-refractivity contribution in [2.45, 2.75) is 13.8 Å². The van der Waals surface area contributed by atoms with E-state index in [4.69, 9.17) is 9.59 Å². The lowest BCUT2D eigenvalue weighted by Crippen LogP contribution is -2.23. The van der Waals surface area contributed by atoms with Crippen molar-refractivity contribution in [1.82, 2.24) is 5.32 Å². The highest BCUT2D eigenvalue weighted by Crippen LogP contribution is 2.05. The van der Waals surface area contributed by atoms with Crippen LogP contribution in [0.1, 0.15) is 22.8 Å². The Morgan fingerprint density at radius 3 is 2.33 bits per heavy atom. The lowest BCUT2D eigenvalue weighted by atomic mass is 10.1. The molecule has 15 heavy (non-hydrogen) atoms. The van der Waals surface area contributed by atoms with E-state index in [0.29, 0.717) is 6.54 Å². The fraction of sp³-hybridized carbons (Fsp3) is 0.273. The van der Waals surface area contributed by atoms with Gasteiger partial charge in [-0.25, -0.2) is 0 Å². The van der Waals surface area contributed by atoms with Crippen LogP contribution >= 0.6 is 0 Å². The molecule has 0 spiro atoms. The Morgan fingerprint density at radius 2 is 1.87 bits per heavy atom. The van der Waals surface area contributed by atoms with Crippen molar-refractivity contribution in [1.29, 1.82) is 0 Å². The van der Waals surface area contributed by atoms with Crippen LogP contribution in [0, 0.1) is 6.92 Å². The molecule has 4 heteroatoms. The predicted octanol–water partition coefficient (Wildman–Crippen LogP) is 1.16. The lowest BCUT2D eigenvalue weighted by Gasteiger charge is -2.04. The second-order valence-electron chi connectivity index (χ2n) is 2.76. The van der Waals surface area contributed by atoms with Crippen LogP contribution in [0.25, 0.3) is 0 Å². The Balaban J connectivity index is 0.000000583. The zero-order chi connectivity index (χ0) is 11.7. The largest absolute Gasteiger partial charge is 0.373 e. The van der Waals surface area contributed by atoms with Crippen LogP contribution in [0.3, 0.4) is 0 Å². The molecular formula is C11H13NO3. The topological polar surface area (TPSA) is 63.2 Å². The molecule has 0 saturated carbocycles. The zero-order valence-electron chi connectivity index (χ0n) is 8.74. The van der Waals surface area contributed by atoms with Gasteiger partial charge in [0, 0.05) is 12.1 Å². The van der Waals surface area contributed by atoms with Crippen LogP contribution in [0.5, 0.6) is 0 Å². The van der Waals surface area contributed by atoms with Crippen LogP contribution in [-0.4, -0.2) is 18.6 Å². The van der Waals surface area contributed by atoms with Gasteiger partial charge in [0.25, 0.3) is 5.91 Å². The van der Waals surface area contributed by atoms with E-state index >= 15 is 0 Å². The minimum atomic E-state index is 0.00981. The van der Waals surface area contributed by atoms with Gasteiger partial charge in [0.15, 0.2) is 0 Å². The fourth-order valence-electron chi connectivity index (χ4n) is 1.08. The average molecular weight is 207 g/mol. The lowest BCUT2D eigenvalue weighted by molar-refractivity contribution is -0.191. The van der Waals surface area contributed by atoms with Crippen LogP contribution < -0.4 is 5.32 Å². The molecule has 0 saturated heterocycles. The maximum Gasteiger partial charge on any atom is 0.373 e. The molecule has 0 fully saturated rings. The Kier molecular flexibility index (Phi) is 6.51. The highest BCUT2D eigenvalue weighted by molar-refractivity contribution is 5.95. The molecule has 4 nitrogen and oxygen atoms in total. The van der Waals surface area contributed by atoms with Gasteiger partial charge in [-0.2, -0.15) is 9.59 Å². The number of amides is 1. The van der Waals surface area contributed by atoms with Crippen LogP contribution in [0.2, 0.25) is 0 Å². The van der Waals surface area contributed by atoms with Crippen LogP contribution in [0.15, 0.2) is 24.3 Å². The summed E-state index contributed by atoms with van der Waals surface area (Å²) >= 11 is 0. The van der Waals surface area contributed by atoms with Gasteiger partial charge in [0.05, 0.1) is 0 Å². The summed E-state index contributed by atoms with van der Waals surface area (Å²) in [4.78, 5) is 27.6. The van der Waals surface area contributed by atoms with E-state index in [2.05, 4.69) is 5.32 Å². The van der Waals surface area contributed by atoms with E-state index in [1.807, 2.05) is 38.1 Å². The van der Waals surface area contributed by atoms with Gasteiger partial charge >= 0.3 is 6.15 Å². The van der Waals surface area contributed by atoms with Crippen molar-refractivity contribution in [2.75, 3.05) is 6.54 Å². The minimum Gasteiger partial charge on any atom is -0.352 e. The highest BCUT2D eigenvalue weighted by Gasteiger charge is 2.04. The Labute approximate surface area is 88.3 Å². The van der Waals surface area contributed by atoms with E-state index in [9.17, 15) is 4.79 Å². The molecule has 0 aliphatic heterocycles. The number of rotatable bonds is 2. The number of nitrogens with one attached hydrogen (secondary N) is 1. The summed E-state index contributed by atoms with van der Waals surface area (Å²) in [5, 5.41) is 2.76. The molecule has 1 N–H and O–H groups in total. The smallest absolute Gasteiger partial charge is 0.352 e. The van der Waals surface area contributed by atoms with Crippen molar-refractivity contribution in [3.8, 4) is 0 Å². The molecule has 0 heterocycles. The van der Waals surface area contributed by atoms with Gasteiger partial charge in [-0.15, -0.1) is 0 Å². The molecule has 0 aliphatic rings. The van der Waals surface area contributed by atoms with Gasteiger partial charge in [0.1, 0.15) is 0 Å². The summed E-state index contributed by atoms with van der Waals surface area (Å²) in [5.74, 6) is 0.00981. The van der Waals surface area contributed by atoms with Crippen LogP contribution in [0.4, 0.5) is 0 Å². The summed E-state index contributed by atoms with van der Waals surface area (Å²) in [7, 11) is 0. The summed E-state index contributed by atoms with van der Waals surface area (Å²) in [6.07, 6.45) is 0.250. The first-order valence-corrected chi connectivity index (χ1v) is 4.50. The quantitative estimate of drug-likeness (QED) is 0.791. The average Bonchev–Trinajstić information content (AvgIpc) is 2.20. The third-order valence-electron chi connectivity index (χ3n) is 1.73. The fourth-order valence-corrected chi connectivity index (χ4v) is 1.08. The Hall–Kier alpha value is -1.93. The molecule has 80 valence electrons. The van der Waals surface area contributed by atoms with Crippen molar-refractivity contribution < 1.29 is 14.4 Å². The predicted molar refractivity (Wildman–Crippen MR) is 54.2 cm³/mol. The number of benzene rings is 1. The van der Waals surface area contributed by atoms with Crippen molar-refractivity contribution in [2.24, 2.45) is 0 Å². The molecular weight excluding hydrogens is 194 g/mol.